The van der Waals surface area contributed by atoms with Crippen molar-refractivity contribution in [2.75, 3.05) is 18.9 Å². The van der Waals surface area contributed by atoms with Crippen LogP contribution in [0.1, 0.15) is 11.1 Å². The first kappa shape index (κ1) is 15.3. The average molecular weight is 310 g/mol. The molecule has 1 heterocycles. The molecule has 8 heteroatoms. The molecule has 1 aromatic heterocycles. The molecule has 2 aromatic rings. The maximum atomic E-state index is 12.4. The van der Waals surface area contributed by atoms with Crippen molar-refractivity contribution in [1.29, 1.82) is 0 Å². The van der Waals surface area contributed by atoms with Crippen molar-refractivity contribution in [3.63, 3.8) is 0 Å². The minimum absolute atomic E-state index is 0.0621. The van der Waals surface area contributed by atoms with Crippen LogP contribution in [-0.4, -0.2) is 32.8 Å². The van der Waals surface area contributed by atoms with E-state index in [4.69, 9.17) is 4.74 Å². The summed E-state index contributed by atoms with van der Waals surface area (Å²) in [5, 5.41) is 9.29. The van der Waals surface area contributed by atoms with Crippen LogP contribution in [0.2, 0.25) is 0 Å². The Labute approximate surface area is 123 Å². The van der Waals surface area contributed by atoms with Crippen LogP contribution < -0.4 is 14.8 Å². The minimum Gasteiger partial charge on any atom is -0.497 e. The molecule has 0 atom stereocenters. The molecule has 0 saturated heterocycles. The van der Waals surface area contributed by atoms with Gasteiger partial charge in [0.25, 0.3) is 10.0 Å². The Balaban J connectivity index is 2.31. The molecule has 0 unspecified atom stereocenters. The highest BCUT2D eigenvalue weighted by Gasteiger charge is 2.21. The van der Waals surface area contributed by atoms with Crippen molar-refractivity contribution >= 4 is 15.7 Å². The van der Waals surface area contributed by atoms with Crippen LogP contribution in [0, 0.1) is 6.92 Å². The second-order valence-corrected chi connectivity index (χ2v) is 6.16. The monoisotopic (exact) mass is 310 g/mol. The smallest absolute Gasteiger partial charge is 0.279 e. The van der Waals surface area contributed by atoms with Crippen molar-refractivity contribution < 1.29 is 13.2 Å². The van der Waals surface area contributed by atoms with Crippen LogP contribution in [0.25, 0.3) is 0 Å². The number of aryl methyl sites for hydroxylation is 1. The van der Waals surface area contributed by atoms with E-state index >= 15 is 0 Å². The van der Waals surface area contributed by atoms with E-state index in [2.05, 4.69) is 20.2 Å². The number of H-pyrrole nitrogens is 1. The molecule has 0 aliphatic heterocycles. The number of nitrogens with zero attached hydrogens (tertiary/aromatic N) is 1. The van der Waals surface area contributed by atoms with Gasteiger partial charge in [-0.3, -0.25) is 9.82 Å². The Morgan fingerprint density at radius 2 is 2.14 bits per heavy atom. The Morgan fingerprint density at radius 1 is 1.38 bits per heavy atom. The van der Waals surface area contributed by atoms with Gasteiger partial charge in [-0.1, -0.05) is 0 Å². The van der Waals surface area contributed by atoms with Gasteiger partial charge in [0.2, 0.25) is 0 Å². The average Bonchev–Trinajstić information content (AvgIpc) is 2.90. The fourth-order valence-electron chi connectivity index (χ4n) is 1.92. The summed E-state index contributed by atoms with van der Waals surface area (Å²) < 4.78 is 32.5. The number of aromatic amines is 1. The van der Waals surface area contributed by atoms with Gasteiger partial charge in [0.05, 0.1) is 19.0 Å². The summed E-state index contributed by atoms with van der Waals surface area (Å²) in [4.78, 5) is 0. The number of hydrogen-bond donors (Lipinski definition) is 3. The highest BCUT2D eigenvalue weighted by Crippen LogP contribution is 2.24. The minimum atomic E-state index is -3.71. The summed E-state index contributed by atoms with van der Waals surface area (Å²) in [5.41, 5.74) is 1.85. The van der Waals surface area contributed by atoms with Crippen molar-refractivity contribution in [3.05, 3.63) is 35.5 Å². The standard InChI is InChI=1S/C13H18N4O3S/c1-9-6-11(20-3)4-5-12(9)17-21(18,19)13-10(7-14-2)8-15-16-13/h4-6,8,14,17H,7H2,1-3H3,(H,15,16). The summed E-state index contributed by atoms with van der Waals surface area (Å²) in [6.45, 7) is 2.22. The molecule has 2 rings (SSSR count). The lowest BCUT2D eigenvalue weighted by atomic mass is 10.2. The number of benzene rings is 1. The molecule has 0 fully saturated rings. The van der Waals surface area contributed by atoms with E-state index in [1.165, 1.54) is 6.20 Å². The summed E-state index contributed by atoms with van der Waals surface area (Å²) in [5.74, 6) is 0.674. The molecule has 0 radical (unpaired) electrons. The molecule has 3 N–H and O–H groups in total. The summed E-state index contributed by atoms with van der Waals surface area (Å²) in [6, 6.07) is 5.13. The highest BCUT2D eigenvalue weighted by molar-refractivity contribution is 7.92. The summed E-state index contributed by atoms with van der Waals surface area (Å²) >= 11 is 0. The van der Waals surface area contributed by atoms with Crippen LogP contribution in [0.4, 0.5) is 5.69 Å². The van der Waals surface area contributed by atoms with E-state index < -0.39 is 10.0 Å². The summed E-state index contributed by atoms with van der Waals surface area (Å²) in [7, 11) is -0.411. The Kier molecular flexibility index (Phi) is 4.49. The third-order valence-corrected chi connectivity index (χ3v) is 4.37. The fourth-order valence-corrected chi connectivity index (χ4v) is 3.19. The number of anilines is 1. The maximum absolute atomic E-state index is 12.4. The lowest BCUT2D eigenvalue weighted by Crippen LogP contribution is -2.17. The Hall–Kier alpha value is -2.06. The van der Waals surface area contributed by atoms with Gasteiger partial charge in [0.15, 0.2) is 5.03 Å². The van der Waals surface area contributed by atoms with Crippen LogP contribution in [0.5, 0.6) is 5.75 Å². The second-order valence-electron chi connectivity index (χ2n) is 4.54. The van der Waals surface area contributed by atoms with E-state index in [0.29, 0.717) is 23.5 Å². The second kappa shape index (κ2) is 6.15. The third-order valence-electron chi connectivity index (χ3n) is 2.99. The first-order valence-corrected chi connectivity index (χ1v) is 7.80. The molecule has 21 heavy (non-hydrogen) atoms. The molecule has 0 aliphatic carbocycles. The molecule has 0 aliphatic rings. The van der Waals surface area contributed by atoms with Crippen LogP contribution in [0.3, 0.4) is 0 Å². The van der Waals surface area contributed by atoms with Crippen molar-refractivity contribution in [3.8, 4) is 5.75 Å². The van der Waals surface area contributed by atoms with Crippen LogP contribution >= 0.6 is 0 Å². The van der Waals surface area contributed by atoms with Crippen molar-refractivity contribution in [2.45, 2.75) is 18.5 Å². The molecule has 1 aromatic carbocycles. The van der Waals surface area contributed by atoms with E-state index in [9.17, 15) is 8.42 Å². The van der Waals surface area contributed by atoms with Gasteiger partial charge >= 0.3 is 0 Å². The number of aromatic nitrogens is 2. The van der Waals surface area contributed by atoms with Gasteiger partial charge in [0, 0.05) is 12.1 Å². The molecule has 0 amide bonds. The van der Waals surface area contributed by atoms with Gasteiger partial charge in [-0.25, -0.2) is 0 Å². The van der Waals surface area contributed by atoms with E-state index in [0.717, 1.165) is 5.56 Å². The van der Waals surface area contributed by atoms with Gasteiger partial charge in [0.1, 0.15) is 5.75 Å². The SMILES string of the molecule is CNCc1cn[nH]c1S(=O)(=O)Nc1ccc(OC)cc1C. The molecule has 0 saturated carbocycles. The van der Waals surface area contributed by atoms with Gasteiger partial charge in [-0.15, -0.1) is 0 Å². The zero-order valence-corrected chi connectivity index (χ0v) is 12.9. The number of rotatable bonds is 6. The maximum Gasteiger partial charge on any atom is 0.279 e. The largest absolute Gasteiger partial charge is 0.497 e. The number of ether oxygens (including phenoxy) is 1. The van der Waals surface area contributed by atoms with E-state index in [1.54, 1.807) is 32.4 Å². The zero-order chi connectivity index (χ0) is 15.5. The molecule has 0 spiro atoms. The zero-order valence-electron chi connectivity index (χ0n) is 12.1. The number of methoxy groups -OCH3 is 1. The predicted octanol–water partition coefficient (Wildman–Crippen LogP) is 1.25. The quantitative estimate of drug-likeness (QED) is 0.746. The molecular formula is C13H18N4O3S. The Morgan fingerprint density at radius 3 is 2.76 bits per heavy atom. The predicted molar refractivity (Wildman–Crippen MR) is 79.9 cm³/mol. The van der Waals surface area contributed by atoms with Crippen LogP contribution in [0.15, 0.2) is 29.4 Å². The van der Waals surface area contributed by atoms with Crippen molar-refractivity contribution in [2.24, 2.45) is 0 Å². The first-order valence-electron chi connectivity index (χ1n) is 6.32. The highest BCUT2D eigenvalue weighted by atomic mass is 32.2. The lowest BCUT2D eigenvalue weighted by Gasteiger charge is -2.11. The Bertz CT molecular complexity index is 725. The molecular weight excluding hydrogens is 292 g/mol. The van der Waals surface area contributed by atoms with Gasteiger partial charge < -0.3 is 10.1 Å². The topological polar surface area (TPSA) is 96.1 Å². The van der Waals surface area contributed by atoms with E-state index in [1.807, 2.05) is 6.92 Å². The van der Waals surface area contributed by atoms with Crippen molar-refractivity contribution in [1.82, 2.24) is 15.5 Å². The van der Waals surface area contributed by atoms with E-state index in [-0.39, 0.29) is 5.03 Å². The number of nitrogens with one attached hydrogen (secondary N) is 3. The summed E-state index contributed by atoms with van der Waals surface area (Å²) in [6.07, 6.45) is 1.49. The third kappa shape index (κ3) is 3.34. The lowest BCUT2D eigenvalue weighted by molar-refractivity contribution is 0.414. The normalized spacial score (nSPS) is 11.4. The fraction of sp³-hybridized carbons (Fsp3) is 0.308. The molecule has 7 nitrogen and oxygen atoms in total. The number of sulfonamides is 1. The first-order chi connectivity index (χ1) is 9.97. The van der Waals surface area contributed by atoms with Crippen LogP contribution in [-0.2, 0) is 16.6 Å². The molecule has 0 bridgehead atoms. The number of hydrogen-bond acceptors (Lipinski definition) is 5. The van der Waals surface area contributed by atoms with Gasteiger partial charge in [-0.05, 0) is 37.7 Å². The van der Waals surface area contributed by atoms with Gasteiger partial charge in [-0.2, -0.15) is 13.5 Å². The molecule has 114 valence electrons.